The van der Waals surface area contributed by atoms with Crippen LogP contribution in [0.5, 0.6) is 0 Å². The summed E-state index contributed by atoms with van der Waals surface area (Å²) in [5.74, 6) is -0.665. The van der Waals surface area contributed by atoms with Gasteiger partial charge in [-0.1, -0.05) is 0 Å². The molecule has 2 aromatic rings. The van der Waals surface area contributed by atoms with Crippen LogP contribution in [0.1, 0.15) is 29.0 Å². The van der Waals surface area contributed by atoms with Crippen molar-refractivity contribution in [2.45, 2.75) is 13.0 Å². The number of nitrogens with zero attached hydrogens (tertiary/aromatic N) is 3. The van der Waals surface area contributed by atoms with Gasteiger partial charge in [0, 0.05) is 12.4 Å². The third kappa shape index (κ3) is 2.79. The minimum Gasteiger partial charge on any atom is -0.476 e. The van der Waals surface area contributed by atoms with E-state index in [1.54, 1.807) is 12.4 Å². The maximum atomic E-state index is 10.8. The Kier molecular flexibility index (Phi) is 3.47. The van der Waals surface area contributed by atoms with Gasteiger partial charge in [0.2, 0.25) is 0 Å². The predicted molar refractivity (Wildman–Crippen MR) is 65.3 cm³/mol. The molecule has 6 heteroatoms. The van der Waals surface area contributed by atoms with Crippen LogP contribution in [-0.2, 0) is 0 Å². The smallest absolute Gasteiger partial charge is 0.356 e. The fourth-order valence-corrected chi connectivity index (χ4v) is 1.50. The topological polar surface area (TPSA) is 88.0 Å². The van der Waals surface area contributed by atoms with Gasteiger partial charge in [0.15, 0.2) is 5.69 Å². The normalized spacial score (nSPS) is 11.8. The second-order valence-electron chi connectivity index (χ2n) is 3.74. The second kappa shape index (κ2) is 5.22. The van der Waals surface area contributed by atoms with Gasteiger partial charge in [-0.15, -0.1) is 0 Å². The first-order valence-corrected chi connectivity index (χ1v) is 5.38. The molecule has 0 saturated carbocycles. The second-order valence-corrected chi connectivity index (χ2v) is 3.74. The average Bonchev–Trinajstić information content (AvgIpc) is 2.40. The van der Waals surface area contributed by atoms with E-state index in [4.69, 9.17) is 5.11 Å². The van der Waals surface area contributed by atoms with Crippen LogP contribution in [0.15, 0.2) is 36.9 Å². The van der Waals surface area contributed by atoms with E-state index in [9.17, 15) is 4.79 Å². The Morgan fingerprint density at radius 1 is 1.28 bits per heavy atom. The Bertz CT molecular complexity index is 545. The summed E-state index contributed by atoms with van der Waals surface area (Å²) in [4.78, 5) is 22.5. The molecule has 2 heterocycles. The largest absolute Gasteiger partial charge is 0.476 e. The number of pyridine rings is 1. The van der Waals surface area contributed by atoms with Crippen molar-refractivity contribution in [3.63, 3.8) is 0 Å². The van der Waals surface area contributed by atoms with Gasteiger partial charge < -0.3 is 10.4 Å². The van der Waals surface area contributed by atoms with Crippen LogP contribution < -0.4 is 5.32 Å². The van der Waals surface area contributed by atoms with E-state index >= 15 is 0 Å². The molecule has 2 rings (SSSR count). The third-order valence-corrected chi connectivity index (χ3v) is 2.42. The lowest BCUT2D eigenvalue weighted by atomic mass is 10.1. The molecular weight excluding hydrogens is 232 g/mol. The van der Waals surface area contributed by atoms with Crippen molar-refractivity contribution in [1.29, 1.82) is 0 Å². The van der Waals surface area contributed by atoms with Crippen molar-refractivity contribution >= 4 is 11.8 Å². The van der Waals surface area contributed by atoms with Gasteiger partial charge in [-0.2, -0.15) is 0 Å². The standard InChI is InChI=1S/C12H12N4O2/c1-8(9-2-4-13-5-3-9)15-11-7-14-6-10(16-11)12(17)18/h2-8H,1H3,(H,15,16)(H,17,18). The summed E-state index contributed by atoms with van der Waals surface area (Å²) in [7, 11) is 0. The summed E-state index contributed by atoms with van der Waals surface area (Å²) in [5, 5.41) is 11.9. The number of carboxylic acids is 1. The molecule has 0 saturated heterocycles. The Balaban J connectivity index is 2.14. The lowest BCUT2D eigenvalue weighted by molar-refractivity contribution is 0.0690. The van der Waals surface area contributed by atoms with Crippen LogP contribution >= 0.6 is 0 Å². The number of anilines is 1. The van der Waals surface area contributed by atoms with E-state index in [0.29, 0.717) is 5.82 Å². The maximum absolute atomic E-state index is 10.8. The zero-order valence-electron chi connectivity index (χ0n) is 9.74. The van der Waals surface area contributed by atoms with Crippen LogP contribution in [0.25, 0.3) is 0 Å². The monoisotopic (exact) mass is 244 g/mol. The number of hydrogen-bond donors (Lipinski definition) is 2. The van der Waals surface area contributed by atoms with E-state index < -0.39 is 5.97 Å². The molecule has 18 heavy (non-hydrogen) atoms. The number of rotatable bonds is 4. The van der Waals surface area contributed by atoms with Crippen molar-refractivity contribution < 1.29 is 9.90 Å². The van der Waals surface area contributed by atoms with Crippen LogP contribution in [0, 0.1) is 0 Å². The van der Waals surface area contributed by atoms with Crippen LogP contribution in [0.2, 0.25) is 0 Å². The van der Waals surface area contributed by atoms with E-state index in [1.807, 2.05) is 19.1 Å². The summed E-state index contributed by atoms with van der Waals surface area (Å²) >= 11 is 0. The highest BCUT2D eigenvalue weighted by Gasteiger charge is 2.09. The van der Waals surface area contributed by atoms with Crippen LogP contribution in [0.4, 0.5) is 5.82 Å². The fourth-order valence-electron chi connectivity index (χ4n) is 1.50. The van der Waals surface area contributed by atoms with Gasteiger partial charge in [-0.25, -0.2) is 9.78 Å². The minimum absolute atomic E-state index is 0.00801. The Hall–Kier alpha value is -2.50. The van der Waals surface area contributed by atoms with E-state index in [2.05, 4.69) is 20.3 Å². The minimum atomic E-state index is -1.09. The molecule has 0 aliphatic heterocycles. The molecule has 6 nitrogen and oxygen atoms in total. The first-order chi connectivity index (χ1) is 8.66. The molecule has 0 bridgehead atoms. The highest BCUT2D eigenvalue weighted by Crippen LogP contribution is 2.16. The van der Waals surface area contributed by atoms with E-state index in [1.165, 1.54) is 12.4 Å². The third-order valence-electron chi connectivity index (χ3n) is 2.42. The summed E-state index contributed by atoms with van der Waals surface area (Å²) in [5.41, 5.74) is 0.953. The molecule has 0 aliphatic carbocycles. The molecular formula is C12H12N4O2. The van der Waals surface area contributed by atoms with Gasteiger partial charge in [0.25, 0.3) is 0 Å². The molecule has 0 aromatic carbocycles. The highest BCUT2D eigenvalue weighted by molar-refractivity contribution is 5.85. The molecule has 92 valence electrons. The summed E-state index contributed by atoms with van der Waals surface area (Å²) in [6.07, 6.45) is 6.11. The molecule has 1 atom stereocenters. The number of aromatic carboxylic acids is 1. The number of hydrogen-bond acceptors (Lipinski definition) is 5. The molecule has 0 radical (unpaired) electrons. The van der Waals surface area contributed by atoms with Gasteiger partial charge in [-0.05, 0) is 24.6 Å². The molecule has 2 aromatic heterocycles. The Labute approximate surface area is 104 Å². The van der Waals surface area contributed by atoms with Crippen molar-refractivity contribution in [1.82, 2.24) is 15.0 Å². The lowest BCUT2D eigenvalue weighted by Gasteiger charge is -2.14. The molecule has 0 spiro atoms. The summed E-state index contributed by atoms with van der Waals surface area (Å²) in [6, 6.07) is 3.75. The summed E-state index contributed by atoms with van der Waals surface area (Å²) in [6.45, 7) is 1.95. The van der Waals surface area contributed by atoms with Crippen molar-refractivity contribution in [3.05, 3.63) is 48.2 Å². The van der Waals surface area contributed by atoms with Crippen molar-refractivity contribution in [2.75, 3.05) is 5.32 Å². The lowest BCUT2D eigenvalue weighted by Crippen LogP contribution is -2.10. The first kappa shape index (κ1) is 12.0. The molecule has 0 fully saturated rings. The molecule has 1 unspecified atom stereocenters. The Morgan fingerprint density at radius 2 is 2.00 bits per heavy atom. The summed E-state index contributed by atoms with van der Waals surface area (Å²) < 4.78 is 0. The maximum Gasteiger partial charge on any atom is 0.356 e. The van der Waals surface area contributed by atoms with Crippen molar-refractivity contribution in [2.24, 2.45) is 0 Å². The number of carboxylic acid groups (broad SMARTS) is 1. The predicted octanol–water partition coefficient (Wildman–Crippen LogP) is 1.74. The quantitative estimate of drug-likeness (QED) is 0.851. The Morgan fingerprint density at radius 3 is 2.67 bits per heavy atom. The van der Waals surface area contributed by atoms with Crippen molar-refractivity contribution in [3.8, 4) is 0 Å². The van der Waals surface area contributed by atoms with Gasteiger partial charge in [0.1, 0.15) is 5.82 Å². The van der Waals surface area contributed by atoms with Gasteiger partial charge in [-0.3, -0.25) is 9.97 Å². The zero-order chi connectivity index (χ0) is 13.0. The molecule has 0 aliphatic rings. The SMILES string of the molecule is CC(Nc1cncc(C(=O)O)n1)c1ccncc1. The number of aromatic nitrogens is 3. The average molecular weight is 244 g/mol. The molecule has 2 N–H and O–H groups in total. The molecule has 0 amide bonds. The highest BCUT2D eigenvalue weighted by atomic mass is 16.4. The van der Waals surface area contributed by atoms with E-state index in [0.717, 1.165) is 5.56 Å². The van der Waals surface area contributed by atoms with Gasteiger partial charge in [0.05, 0.1) is 18.4 Å². The zero-order valence-corrected chi connectivity index (χ0v) is 9.74. The van der Waals surface area contributed by atoms with Crippen LogP contribution in [-0.4, -0.2) is 26.0 Å². The van der Waals surface area contributed by atoms with E-state index in [-0.39, 0.29) is 11.7 Å². The number of carbonyl (C=O) groups is 1. The first-order valence-electron chi connectivity index (χ1n) is 5.38. The van der Waals surface area contributed by atoms with Crippen LogP contribution in [0.3, 0.4) is 0 Å². The fraction of sp³-hybridized carbons (Fsp3) is 0.167. The van der Waals surface area contributed by atoms with Gasteiger partial charge >= 0.3 is 5.97 Å². The number of nitrogens with one attached hydrogen (secondary N) is 1.